The molecule has 1 saturated heterocycles. The van der Waals surface area contributed by atoms with Crippen molar-refractivity contribution in [1.29, 1.82) is 0 Å². The second kappa shape index (κ2) is 6.99. The van der Waals surface area contributed by atoms with E-state index in [1.807, 2.05) is 0 Å². The van der Waals surface area contributed by atoms with Crippen molar-refractivity contribution >= 4 is 5.78 Å². The van der Waals surface area contributed by atoms with E-state index >= 15 is 0 Å². The molecule has 0 bridgehead atoms. The molecule has 136 valence electrons. The van der Waals surface area contributed by atoms with E-state index in [0.29, 0.717) is 29.8 Å². The van der Waals surface area contributed by atoms with Gasteiger partial charge in [-0.25, -0.2) is 9.97 Å². The minimum absolute atomic E-state index is 0.0323. The maximum absolute atomic E-state index is 12.9. The van der Waals surface area contributed by atoms with Crippen molar-refractivity contribution in [1.82, 2.24) is 14.9 Å². The Labute approximate surface area is 150 Å². The second-order valence-corrected chi connectivity index (χ2v) is 7.07. The summed E-state index contributed by atoms with van der Waals surface area (Å²) in [6.07, 6.45) is 4.69. The summed E-state index contributed by atoms with van der Waals surface area (Å²) in [5.41, 5.74) is 0.380. The van der Waals surface area contributed by atoms with Crippen molar-refractivity contribution < 1.29 is 19.0 Å². The van der Waals surface area contributed by atoms with Gasteiger partial charge < -0.3 is 9.84 Å². The van der Waals surface area contributed by atoms with Crippen LogP contribution < -0.4 is 4.74 Å². The molecule has 7 heteroatoms. The maximum Gasteiger partial charge on any atom is 0.213 e. The van der Waals surface area contributed by atoms with Gasteiger partial charge in [0.2, 0.25) is 5.95 Å². The highest BCUT2D eigenvalue weighted by Crippen LogP contribution is 2.39. The SMILES string of the molecule is O=C(CN1C[C@H]2CC(Oc3ccc(F)nc3)C[C@H]2C1)c1ccc(O)cn1. The molecule has 4 rings (SSSR count). The molecular weight excluding hydrogens is 337 g/mol. The Hall–Kier alpha value is -2.54. The summed E-state index contributed by atoms with van der Waals surface area (Å²) < 4.78 is 18.8. The summed E-state index contributed by atoms with van der Waals surface area (Å²) >= 11 is 0. The number of Topliss-reactive ketones (excluding diaryl/α,β-unsaturated/α-hetero) is 1. The van der Waals surface area contributed by atoms with Crippen molar-refractivity contribution in [2.45, 2.75) is 18.9 Å². The number of hydrogen-bond acceptors (Lipinski definition) is 6. The average molecular weight is 357 g/mol. The lowest BCUT2D eigenvalue weighted by Gasteiger charge is -2.19. The van der Waals surface area contributed by atoms with E-state index in [0.717, 1.165) is 25.9 Å². The van der Waals surface area contributed by atoms with Gasteiger partial charge in [0, 0.05) is 13.1 Å². The third kappa shape index (κ3) is 3.67. The smallest absolute Gasteiger partial charge is 0.213 e. The Morgan fingerprint density at radius 1 is 1.15 bits per heavy atom. The van der Waals surface area contributed by atoms with Gasteiger partial charge in [0.25, 0.3) is 0 Å². The average Bonchev–Trinajstić information content (AvgIpc) is 3.15. The summed E-state index contributed by atoms with van der Waals surface area (Å²) in [4.78, 5) is 22.1. The van der Waals surface area contributed by atoms with Crippen LogP contribution in [-0.4, -0.2) is 51.5 Å². The highest BCUT2D eigenvalue weighted by atomic mass is 19.1. The van der Waals surface area contributed by atoms with Gasteiger partial charge in [0.05, 0.1) is 25.0 Å². The van der Waals surface area contributed by atoms with Crippen LogP contribution in [0.3, 0.4) is 0 Å². The van der Waals surface area contributed by atoms with Gasteiger partial charge in [-0.15, -0.1) is 0 Å². The highest BCUT2D eigenvalue weighted by molar-refractivity contribution is 5.95. The molecule has 0 spiro atoms. The molecule has 1 saturated carbocycles. The Balaban J connectivity index is 1.28. The Morgan fingerprint density at radius 2 is 1.92 bits per heavy atom. The van der Waals surface area contributed by atoms with Gasteiger partial charge in [0.1, 0.15) is 17.2 Å². The summed E-state index contributed by atoms with van der Waals surface area (Å²) in [5.74, 6) is 1.13. The molecule has 26 heavy (non-hydrogen) atoms. The van der Waals surface area contributed by atoms with Crippen LogP contribution in [0.25, 0.3) is 0 Å². The fourth-order valence-corrected chi connectivity index (χ4v) is 4.03. The van der Waals surface area contributed by atoms with Crippen LogP contribution in [0.1, 0.15) is 23.3 Å². The zero-order valence-corrected chi connectivity index (χ0v) is 14.2. The van der Waals surface area contributed by atoms with Gasteiger partial charge in [-0.3, -0.25) is 9.69 Å². The van der Waals surface area contributed by atoms with Crippen LogP contribution in [0.2, 0.25) is 0 Å². The monoisotopic (exact) mass is 357 g/mol. The van der Waals surface area contributed by atoms with E-state index in [4.69, 9.17) is 4.74 Å². The van der Waals surface area contributed by atoms with Gasteiger partial charge >= 0.3 is 0 Å². The van der Waals surface area contributed by atoms with Crippen LogP contribution in [0, 0.1) is 17.8 Å². The van der Waals surface area contributed by atoms with Gasteiger partial charge in [-0.2, -0.15) is 4.39 Å². The van der Waals surface area contributed by atoms with Gasteiger partial charge in [-0.05, 0) is 48.9 Å². The van der Waals surface area contributed by atoms with E-state index in [9.17, 15) is 14.3 Å². The lowest BCUT2D eigenvalue weighted by Crippen LogP contribution is -2.30. The number of pyridine rings is 2. The molecule has 2 aromatic rings. The van der Waals surface area contributed by atoms with Crippen LogP contribution >= 0.6 is 0 Å². The fraction of sp³-hybridized carbons (Fsp3) is 0.421. The van der Waals surface area contributed by atoms with Crippen molar-refractivity contribution in [3.63, 3.8) is 0 Å². The molecule has 1 aliphatic carbocycles. The van der Waals surface area contributed by atoms with Crippen molar-refractivity contribution in [2.24, 2.45) is 11.8 Å². The standard InChI is InChI=1S/C19H20FN3O3/c20-19-4-2-15(8-22-19)26-16-5-12-9-23(10-13(12)6-16)11-18(25)17-3-1-14(24)7-21-17/h1-4,7-8,12-13,16,24H,5-6,9-11H2/t12-,13+,16?. The molecule has 6 nitrogen and oxygen atoms in total. The van der Waals surface area contributed by atoms with E-state index < -0.39 is 5.95 Å². The molecule has 1 N–H and O–H groups in total. The molecule has 3 atom stereocenters. The molecule has 0 radical (unpaired) electrons. The number of hydrogen-bond donors (Lipinski definition) is 1. The normalized spacial score (nSPS) is 25.2. The Bertz CT molecular complexity index is 768. The molecule has 2 aliphatic rings. The number of nitrogens with zero attached hydrogens (tertiary/aromatic N) is 3. The third-order valence-electron chi connectivity index (χ3n) is 5.19. The molecule has 1 aliphatic heterocycles. The Morgan fingerprint density at radius 3 is 2.54 bits per heavy atom. The first-order valence-corrected chi connectivity index (χ1v) is 8.75. The third-order valence-corrected chi connectivity index (χ3v) is 5.19. The minimum atomic E-state index is -0.510. The first-order valence-electron chi connectivity index (χ1n) is 8.75. The van der Waals surface area contributed by atoms with Gasteiger partial charge in [0.15, 0.2) is 5.78 Å². The van der Waals surface area contributed by atoms with Crippen LogP contribution in [0.15, 0.2) is 36.7 Å². The van der Waals surface area contributed by atoms with E-state index in [-0.39, 0.29) is 17.6 Å². The number of fused-ring (bicyclic) bond motifs is 1. The maximum atomic E-state index is 12.9. The van der Waals surface area contributed by atoms with Crippen LogP contribution in [0.5, 0.6) is 11.5 Å². The first-order chi connectivity index (χ1) is 12.6. The lowest BCUT2D eigenvalue weighted by molar-refractivity contribution is 0.0931. The number of ether oxygens (including phenoxy) is 1. The molecule has 0 amide bonds. The van der Waals surface area contributed by atoms with Crippen molar-refractivity contribution in [2.75, 3.05) is 19.6 Å². The predicted octanol–water partition coefficient (Wildman–Crippen LogP) is 2.29. The van der Waals surface area contributed by atoms with E-state index in [1.54, 1.807) is 12.1 Å². The highest BCUT2D eigenvalue weighted by Gasteiger charge is 2.42. The zero-order chi connectivity index (χ0) is 18.1. The second-order valence-electron chi connectivity index (χ2n) is 7.07. The Kier molecular flexibility index (Phi) is 4.55. The summed E-state index contributed by atoms with van der Waals surface area (Å²) in [5, 5.41) is 9.26. The molecule has 1 unspecified atom stereocenters. The first kappa shape index (κ1) is 16.9. The zero-order valence-electron chi connectivity index (χ0n) is 14.2. The van der Waals surface area contributed by atoms with Crippen LogP contribution in [-0.2, 0) is 0 Å². The molecule has 3 heterocycles. The summed E-state index contributed by atoms with van der Waals surface area (Å²) in [6, 6.07) is 5.93. The fourth-order valence-electron chi connectivity index (χ4n) is 4.03. The van der Waals surface area contributed by atoms with Gasteiger partial charge in [-0.1, -0.05) is 0 Å². The number of rotatable bonds is 5. The van der Waals surface area contributed by atoms with Crippen molar-refractivity contribution in [3.05, 3.63) is 48.3 Å². The number of carbonyl (C=O) groups excluding carboxylic acids is 1. The number of carbonyl (C=O) groups is 1. The number of halogens is 1. The summed E-state index contributed by atoms with van der Waals surface area (Å²) in [6.45, 7) is 2.09. The number of aromatic nitrogens is 2. The lowest BCUT2D eigenvalue weighted by atomic mass is 10.0. The van der Waals surface area contributed by atoms with Crippen LogP contribution in [0.4, 0.5) is 4.39 Å². The number of ketones is 1. The molecule has 2 aromatic heterocycles. The molecular formula is C19H20FN3O3. The van der Waals surface area contributed by atoms with E-state index in [1.165, 1.54) is 24.5 Å². The quantitative estimate of drug-likeness (QED) is 0.654. The topological polar surface area (TPSA) is 75.6 Å². The molecule has 0 aromatic carbocycles. The molecule has 2 fully saturated rings. The predicted molar refractivity (Wildman–Crippen MR) is 91.5 cm³/mol. The number of aromatic hydroxyl groups is 1. The largest absolute Gasteiger partial charge is 0.506 e. The van der Waals surface area contributed by atoms with E-state index in [2.05, 4.69) is 14.9 Å². The summed E-state index contributed by atoms with van der Waals surface area (Å²) in [7, 11) is 0. The van der Waals surface area contributed by atoms with Crippen molar-refractivity contribution in [3.8, 4) is 11.5 Å². The minimum Gasteiger partial charge on any atom is -0.506 e. The number of likely N-dealkylation sites (tertiary alicyclic amines) is 1.